The molecule has 154 valence electrons. The molecule has 1 atom stereocenters. The number of aliphatic imine (C=N–C) groups is 1. The Bertz CT molecular complexity index is 899. The van der Waals surface area contributed by atoms with Gasteiger partial charge in [-0.05, 0) is 61.4 Å². The molecular weight excluding hydrogens is 358 g/mol. The second-order valence-electron chi connectivity index (χ2n) is 8.28. The van der Waals surface area contributed by atoms with Crippen molar-refractivity contribution >= 4 is 11.8 Å². The maximum absolute atomic E-state index is 5.65. The molecule has 0 amide bonds. The summed E-state index contributed by atoms with van der Waals surface area (Å²) in [5, 5.41) is 0. The zero-order valence-electron chi connectivity index (χ0n) is 17.8. The molecule has 3 heterocycles. The van der Waals surface area contributed by atoms with Crippen LogP contribution in [0.1, 0.15) is 86.9 Å². The molecule has 0 aromatic carbocycles. The van der Waals surface area contributed by atoms with E-state index in [1.165, 1.54) is 68.3 Å². The molecule has 2 aliphatic rings. The lowest BCUT2D eigenvalue weighted by atomic mass is 9.89. The van der Waals surface area contributed by atoms with Crippen LogP contribution in [0.5, 0.6) is 0 Å². The number of aromatic nitrogens is 2. The lowest BCUT2D eigenvalue weighted by Crippen LogP contribution is -2.00. The van der Waals surface area contributed by atoms with Crippen LogP contribution in [-0.4, -0.2) is 22.8 Å². The molecule has 2 N–H and O–H groups in total. The van der Waals surface area contributed by atoms with Crippen molar-refractivity contribution in [2.45, 2.75) is 70.6 Å². The molecule has 2 aromatic heterocycles. The van der Waals surface area contributed by atoms with E-state index in [0.717, 1.165) is 29.3 Å². The molecule has 0 saturated carbocycles. The first-order valence-electron chi connectivity index (χ1n) is 11.2. The normalized spacial score (nSPS) is 21.6. The monoisotopic (exact) mass is 391 g/mol. The predicted molar refractivity (Wildman–Crippen MR) is 120 cm³/mol. The number of fused-ring (bicyclic) bond motifs is 2. The lowest BCUT2D eigenvalue weighted by molar-refractivity contribution is 0.303. The van der Waals surface area contributed by atoms with Gasteiger partial charge >= 0.3 is 0 Å². The Balaban J connectivity index is 1.71. The van der Waals surface area contributed by atoms with Gasteiger partial charge in [0, 0.05) is 23.7 Å². The Kier molecular flexibility index (Phi) is 6.38. The van der Waals surface area contributed by atoms with E-state index in [1.54, 1.807) is 7.11 Å². The van der Waals surface area contributed by atoms with Gasteiger partial charge in [-0.1, -0.05) is 39.0 Å². The van der Waals surface area contributed by atoms with Crippen LogP contribution in [0.4, 0.5) is 0 Å². The Morgan fingerprint density at radius 1 is 1.21 bits per heavy atom. The number of aromatic amines is 2. The zero-order chi connectivity index (χ0) is 20.1. The summed E-state index contributed by atoms with van der Waals surface area (Å²) >= 11 is 0. The van der Waals surface area contributed by atoms with Crippen molar-refractivity contribution in [3.8, 4) is 0 Å². The van der Waals surface area contributed by atoms with Gasteiger partial charge in [0.05, 0.1) is 18.5 Å². The smallest absolute Gasteiger partial charge is 0.146 e. The molecule has 0 saturated heterocycles. The van der Waals surface area contributed by atoms with E-state index < -0.39 is 0 Å². The number of ether oxygens (including phenoxy) is 1. The van der Waals surface area contributed by atoms with Crippen molar-refractivity contribution in [2.75, 3.05) is 7.11 Å². The molecule has 1 unspecified atom stereocenters. The highest BCUT2D eigenvalue weighted by Gasteiger charge is 2.21. The van der Waals surface area contributed by atoms with E-state index in [9.17, 15) is 0 Å². The van der Waals surface area contributed by atoms with Crippen LogP contribution in [0.25, 0.3) is 6.08 Å². The van der Waals surface area contributed by atoms with Gasteiger partial charge in [0.2, 0.25) is 0 Å². The maximum atomic E-state index is 5.65. The first kappa shape index (κ1) is 19.8. The third kappa shape index (κ3) is 4.58. The summed E-state index contributed by atoms with van der Waals surface area (Å²) in [5.41, 5.74) is 6.88. The summed E-state index contributed by atoms with van der Waals surface area (Å²) in [5.74, 6) is 1.45. The van der Waals surface area contributed by atoms with Crippen LogP contribution in [0.3, 0.4) is 0 Å². The van der Waals surface area contributed by atoms with Gasteiger partial charge in [0.1, 0.15) is 11.5 Å². The first-order valence-corrected chi connectivity index (χ1v) is 11.2. The van der Waals surface area contributed by atoms with E-state index in [4.69, 9.17) is 9.73 Å². The number of hydrogen-bond acceptors (Lipinski definition) is 2. The number of nitrogens with zero attached hydrogens (tertiary/aromatic N) is 1. The van der Waals surface area contributed by atoms with E-state index in [2.05, 4.69) is 29.0 Å². The van der Waals surface area contributed by atoms with E-state index in [-0.39, 0.29) is 0 Å². The number of aryl methyl sites for hydroxylation is 1. The van der Waals surface area contributed by atoms with Crippen LogP contribution >= 0.6 is 0 Å². The number of methoxy groups -OCH3 is 1. The molecular formula is C25H33N3O. The van der Waals surface area contributed by atoms with Crippen molar-refractivity contribution in [2.24, 2.45) is 4.99 Å². The average Bonchev–Trinajstić information content (AvgIpc) is 3.45. The standard InChI is InChI=1S/C25H33N3O/c1-3-10-18-11-7-5-4-6-8-12-19-15-20(18)22(27-19)16-24-25(29-2)17-23(28-24)21-13-9-14-26-21/h9,13-18,26-27H,3-8,10-12H2,1-2H3/b24-16-. The topological polar surface area (TPSA) is 53.2 Å². The fourth-order valence-corrected chi connectivity index (χ4v) is 4.63. The molecule has 0 fully saturated rings. The van der Waals surface area contributed by atoms with E-state index in [0.29, 0.717) is 5.92 Å². The van der Waals surface area contributed by atoms with Gasteiger partial charge in [0.25, 0.3) is 0 Å². The Hall–Kier alpha value is -2.49. The van der Waals surface area contributed by atoms with Gasteiger partial charge in [-0.15, -0.1) is 0 Å². The van der Waals surface area contributed by atoms with Gasteiger partial charge in [-0.3, -0.25) is 0 Å². The third-order valence-corrected chi connectivity index (χ3v) is 6.15. The van der Waals surface area contributed by atoms with Crippen molar-refractivity contribution in [1.82, 2.24) is 9.97 Å². The third-order valence-electron chi connectivity index (χ3n) is 6.15. The highest BCUT2D eigenvalue weighted by atomic mass is 16.5. The van der Waals surface area contributed by atoms with Crippen molar-refractivity contribution < 1.29 is 4.74 Å². The second kappa shape index (κ2) is 9.34. The molecule has 0 spiro atoms. The second-order valence-corrected chi connectivity index (χ2v) is 8.28. The lowest BCUT2D eigenvalue weighted by Gasteiger charge is -2.16. The van der Waals surface area contributed by atoms with Crippen LogP contribution < -0.4 is 0 Å². The highest BCUT2D eigenvalue weighted by molar-refractivity contribution is 6.11. The summed E-state index contributed by atoms with van der Waals surface area (Å²) in [4.78, 5) is 11.8. The molecule has 2 aromatic rings. The van der Waals surface area contributed by atoms with Crippen molar-refractivity contribution in [3.05, 3.63) is 64.6 Å². The van der Waals surface area contributed by atoms with Gasteiger partial charge < -0.3 is 14.7 Å². The predicted octanol–water partition coefficient (Wildman–Crippen LogP) is 6.50. The Labute approximate surface area is 174 Å². The van der Waals surface area contributed by atoms with Gasteiger partial charge in [0.15, 0.2) is 0 Å². The summed E-state index contributed by atoms with van der Waals surface area (Å²) in [6.45, 7) is 2.30. The quantitative estimate of drug-likeness (QED) is 0.601. The van der Waals surface area contributed by atoms with Crippen molar-refractivity contribution in [1.29, 1.82) is 0 Å². The summed E-state index contributed by atoms with van der Waals surface area (Å²) in [6.07, 6.45) is 17.7. The zero-order valence-corrected chi connectivity index (χ0v) is 17.8. The molecule has 4 rings (SSSR count). The molecule has 1 aliphatic heterocycles. The molecule has 0 radical (unpaired) electrons. The van der Waals surface area contributed by atoms with Gasteiger partial charge in [-0.2, -0.15) is 0 Å². The van der Waals surface area contributed by atoms with E-state index in [1.807, 2.05) is 24.4 Å². The molecule has 2 bridgehead atoms. The van der Waals surface area contributed by atoms with Crippen LogP contribution in [0.15, 0.2) is 46.9 Å². The largest absolute Gasteiger partial charge is 0.494 e. The summed E-state index contributed by atoms with van der Waals surface area (Å²) in [7, 11) is 1.72. The maximum Gasteiger partial charge on any atom is 0.146 e. The molecule has 4 nitrogen and oxygen atoms in total. The average molecular weight is 392 g/mol. The van der Waals surface area contributed by atoms with Crippen LogP contribution in [0, 0.1) is 0 Å². The molecule has 1 aliphatic carbocycles. The number of nitrogens with one attached hydrogen (secondary N) is 2. The number of rotatable bonds is 5. The molecule has 4 heteroatoms. The first-order chi connectivity index (χ1) is 14.3. The SMILES string of the molecule is CCCC1CCCCCCCc2cc1c(/C=C1\N=C(c3ccc[nH]3)C=C1OC)[nH]2. The van der Waals surface area contributed by atoms with Gasteiger partial charge in [-0.25, -0.2) is 4.99 Å². The van der Waals surface area contributed by atoms with E-state index >= 15 is 0 Å². The highest BCUT2D eigenvalue weighted by Crippen LogP contribution is 2.34. The number of allylic oxidation sites excluding steroid dienone is 1. The number of H-pyrrole nitrogens is 2. The summed E-state index contributed by atoms with van der Waals surface area (Å²) in [6, 6.07) is 6.47. The number of hydrogen-bond donors (Lipinski definition) is 2. The fraction of sp³-hybridized carbons (Fsp3) is 0.480. The minimum Gasteiger partial charge on any atom is -0.494 e. The van der Waals surface area contributed by atoms with Crippen LogP contribution in [0.2, 0.25) is 0 Å². The minimum atomic E-state index is 0.623. The minimum absolute atomic E-state index is 0.623. The van der Waals surface area contributed by atoms with Crippen LogP contribution in [-0.2, 0) is 11.2 Å². The molecule has 29 heavy (non-hydrogen) atoms. The fourth-order valence-electron chi connectivity index (χ4n) is 4.63. The van der Waals surface area contributed by atoms with Crippen molar-refractivity contribution in [3.63, 3.8) is 0 Å². The Morgan fingerprint density at radius 2 is 2.07 bits per heavy atom. The summed E-state index contributed by atoms with van der Waals surface area (Å²) < 4.78 is 5.65. The Morgan fingerprint density at radius 3 is 2.86 bits per heavy atom.